The number of carbonyl (C=O) groups is 2. The molecular weight excluding hydrogens is 689 g/mol. The Hall–Kier alpha value is -4.27. The molecule has 1 amide bonds. The average molecular weight is 729 g/mol. The topological polar surface area (TPSA) is 101 Å². The van der Waals surface area contributed by atoms with E-state index in [2.05, 4.69) is 50.4 Å². The summed E-state index contributed by atoms with van der Waals surface area (Å²) in [4.78, 5) is 26.6. The van der Waals surface area contributed by atoms with E-state index < -0.39 is 21.8 Å². The van der Waals surface area contributed by atoms with Crippen molar-refractivity contribution >= 4 is 50.7 Å². The summed E-state index contributed by atoms with van der Waals surface area (Å²) < 4.78 is 31.0. The Bertz CT molecular complexity index is 2070. The number of carbonyl (C=O) groups excluding carboxylic acids is 2. The Morgan fingerprint density at radius 3 is 1.90 bits per heavy atom. The molecule has 0 aromatic heterocycles. The molecule has 0 bridgehead atoms. The van der Waals surface area contributed by atoms with Crippen molar-refractivity contribution in [1.29, 1.82) is 0 Å². The van der Waals surface area contributed by atoms with Gasteiger partial charge in [0, 0.05) is 33.3 Å². The fourth-order valence-corrected chi connectivity index (χ4v) is 6.77. The average Bonchev–Trinajstić information content (AvgIpc) is 3.07. The maximum atomic E-state index is 14.0. The first kappa shape index (κ1) is 37.0. The quantitative estimate of drug-likeness (QED) is 0.0984. The molecule has 258 valence electrons. The van der Waals surface area contributed by atoms with Crippen LogP contribution in [0, 0.1) is 0 Å². The van der Waals surface area contributed by atoms with Gasteiger partial charge in [-0.2, -0.15) is 8.42 Å². The van der Waals surface area contributed by atoms with Gasteiger partial charge >= 0.3 is 0 Å². The molecule has 5 rings (SSSR count). The number of hydrogen-bond acceptors (Lipinski definition) is 4. The fraction of sp³-hybridized carbons (Fsp3) is 0.220. The van der Waals surface area contributed by atoms with E-state index in [1.807, 2.05) is 66.7 Å². The van der Waals surface area contributed by atoms with Gasteiger partial charge in [0.05, 0.1) is 11.7 Å². The highest BCUT2D eigenvalue weighted by atomic mass is 35.5. The molecule has 1 unspecified atom stereocenters. The first-order valence-electron chi connectivity index (χ1n) is 16.3. The van der Waals surface area contributed by atoms with Gasteiger partial charge < -0.3 is 5.32 Å². The number of hydrogen-bond donors (Lipinski definition) is 2. The van der Waals surface area contributed by atoms with E-state index in [1.54, 1.807) is 24.3 Å². The van der Waals surface area contributed by atoms with E-state index in [4.69, 9.17) is 27.8 Å². The van der Waals surface area contributed by atoms with Crippen LogP contribution in [0.3, 0.4) is 0 Å². The van der Waals surface area contributed by atoms with Gasteiger partial charge in [0.25, 0.3) is 10.1 Å². The van der Waals surface area contributed by atoms with Crippen molar-refractivity contribution in [3.8, 4) is 22.3 Å². The lowest BCUT2D eigenvalue weighted by Gasteiger charge is -2.20. The monoisotopic (exact) mass is 727 g/mol. The third kappa shape index (κ3) is 9.92. The van der Waals surface area contributed by atoms with Crippen LogP contribution >= 0.6 is 23.2 Å². The van der Waals surface area contributed by atoms with Gasteiger partial charge in [-0.3, -0.25) is 14.1 Å². The highest BCUT2D eigenvalue weighted by molar-refractivity contribution is 7.85. The molecule has 5 aromatic rings. The maximum absolute atomic E-state index is 14.0. The summed E-state index contributed by atoms with van der Waals surface area (Å²) in [6, 6.07) is 36.3. The first-order valence-corrected chi connectivity index (χ1v) is 18.7. The molecule has 6 nitrogen and oxygen atoms in total. The Balaban J connectivity index is 1.37. The van der Waals surface area contributed by atoms with Gasteiger partial charge in [-0.15, -0.1) is 0 Å². The fourth-order valence-electron chi connectivity index (χ4n) is 5.74. The Morgan fingerprint density at radius 2 is 1.34 bits per heavy atom. The summed E-state index contributed by atoms with van der Waals surface area (Å²) in [7, 11) is -4.12. The van der Waals surface area contributed by atoms with Crippen molar-refractivity contribution < 1.29 is 22.6 Å². The first-order chi connectivity index (χ1) is 23.7. The lowest BCUT2D eigenvalue weighted by Crippen LogP contribution is -2.23. The molecule has 0 fully saturated rings. The molecule has 9 heteroatoms. The van der Waals surface area contributed by atoms with Crippen LogP contribution in [0.5, 0.6) is 0 Å². The number of ketones is 1. The highest BCUT2D eigenvalue weighted by Crippen LogP contribution is 2.32. The van der Waals surface area contributed by atoms with Gasteiger partial charge in [-0.1, -0.05) is 135 Å². The smallest absolute Gasteiger partial charge is 0.264 e. The van der Waals surface area contributed by atoms with Gasteiger partial charge in [0.2, 0.25) is 5.91 Å². The molecule has 0 heterocycles. The number of Topliss-reactive ketones (excluding diaryl/α,β-unsaturated/α-hetero) is 1. The van der Waals surface area contributed by atoms with Gasteiger partial charge in [0.15, 0.2) is 5.78 Å². The number of halogens is 2. The van der Waals surface area contributed by atoms with Gasteiger partial charge in [-0.05, 0) is 75.9 Å². The second-order valence-electron chi connectivity index (χ2n) is 13.4. The molecule has 0 aliphatic rings. The number of rotatable bonds is 12. The van der Waals surface area contributed by atoms with Crippen molar-refractivity contribution in [2.45, 2.75) is 51.4 Å². The Morgan fingerprint density at radius 1 is 0.760 bits per heavy atom. The standard InChI is InChI=1S/C41H39Cl2NO5S/c1-41(2,3)33-18-14-29(15-19-33)28-10-12-31(13-11-28)37(25-27-6-8-32(9-7-27)39(45)5-4-24-50(47,48)49)40(46)44-35-21-16-30(17-22-35)36-23-20-34(42)26-38(36)43/h6-23,26,37H,4-5,24-25H2,1-3H3,(H,44,46)(H,47,48,49). The zero-order valence-corrected chi connectivity index (χ0v) is 30.4. The van der Waals surface area contributed by atoms with E-state index >= 15 is 0 Å². The lowest BCUT2D eigenvalue weighted by molar-refractivity contribution is -0.117. The van der Waals surface area contributed by atoms with Crippen LogP contribution in [-0.2, 0) is 26.7 Å². The molecule has 0 saturated carbocycles. The molecule has 0 spiro atoms. The van der Waals surface area contributed by atoms with Crippen molar-refractivity contribution in [1.82, 2.24) is 0 Å². The maximum Gasteiger partial charge on any atom is 0.264 e. The highest BCUT2D eigenvalue weighted by Gasteiger charge is 2.23. The minimum absolute atomic E-state index is 0.00153. The number of nitrogens with one attached hydrogen (secondary N) is 1. The summed E-state index contributed by atoms with van der Waals surface area (Å²) in [6.45, 7) is 6.56. The molecule has 2 N–H and O–H groups in total. The van der Waals surface area contributed by atoms with Crippen LogP contribution in [-0.4, -0.2) is 30.4 Å². The van der Waals surface area contributed by atoms with Crippen LogP contribution in [0.4, 0.5) is 5.69 Å². The van der Waals surface area contributed by atoms with Gasteiger partial charge in [-0.25, -0.2) is 0 Å². The minimum Gasteiger partial charge on any atom is -0.326 e. The zero-order chi connectivity index (χ0) is 36.1. The summed E-state index contributed by atoms with van der Waals surface area (Å²) in [5.74, 6) is -1.42. The van der Waals surface area contributed by atoms with Crippen molar-refractivity contribution in [3.63, 3.8) is 0 Å². The second-order valence-corrected chi connectivity index (χ2v) is 15.8. The second kappa shape index (κ2) is 15.7. The summed E-state index contributed by atoms with van der Waals surface area (Å²) >= 11 is 12.5. The number of benzene rings is 5. The van der Waals surface area contributed by atoms with Crippen LogP contribution in [0.25, 0.3) is 22.3 Å². The normalized spacial score (nSPS) is 12.4. The molecule has 5 aromatic carbocycles. The van der Waals surface area contributed by atoms with Gasteiger partial charge in [0.1, 0.15) is 0 Å². The van der Waals surface area contributed by atoms with Crippen molar-refractivity contribution in [2.75, 3.05) is 11.1 Å². The summed E-state index contributed by atoms with van der Waals surface area (Å²) in [5.41, 5.74) is 7.93. The predicted molar refractivity (Wildman–Crippen MR) is 204 cm³/mol. The number of anilines is 1. The molecular formula is C41H39Cl2NO5S. The van der Waals surface area contributed by atoms with E-state index in [0.717, 1.165) is 33.4 Å². The third-order valence-corrected chi connectivity index (χ3v) is 9.98. The SMILES string of the molecule is CC(C)(C)c1ccc(-c2ccc(C(Cc3ccc(C(=O)CCCS(=O)(=O)O)cc3)C(=O)Nc3ccc(-c4ccc(Cl)cc4Cl)cc3)cc2)cc1. The Labute approximate surface area is 304 Å². The summed E-state index contributed by atoms with van der Waals surface area (Å²) in [5, 5.41) is 4.17. The van der Waals surface area contributed by atoms with Crippen LogP contribution in [0.2, 0.25) is 10.0 Å². The lowest BCUT2D eigenvalue weighted by atomic mass is 9.86. The molecule has 0 saturated heterocycles. The van der Waals surface area contributed by atoms with Crippen LogP contribution in [0.1, 0.15) is 66.6 Å². The largest absolute Gasteiger partial charge is 0.326 e. The zero-order valence-electron chi connectivity index (χ0n) is 28.1. The van der Waals surface area contributed by atoms with E-state index in [1.165, 1.54) is 5.56 Å². The van der Waals surface area contributed by atoms with Crippen LogP contribution < -0.4 is 5.32 Å². The molecule has 50 heavy (non-hydrogen) atoms. The van der Waals surface area contributed by atoms with E-state index in [9.17, 15) is 18.0 Å². The van der Waals surface area contributed by atoms with Crippen molar-refractivity contribution in [2.24, 2.45) is 0 Å². The van der Waals surface area contributed by atoms with Crippen molar-refractivity contribution in [3.05, 3.63) is 148 Å². The van der Waals surface area contributed by atoms with E-state index in [-0.39, 0.29) is 29.9 Å². The molecule has 0 aliphatic carbocycles. The van der Waals surface area contributed by atoms with E-state index in [0.29, 0.717) is 27.7 Å². The molecule has 0 aliphatic heterocycles. The minimum atomic E-state index is -4.12. The summed E-state index contributed by atoms with van der Waals surface area (Å²) in [6.07, 6.45) is 0.408. The number of amides is 1. The van der Waals surface area contributed by atoms with Crippen LogP contribution in [0.15, 0.2) is 115 Å². The third-order valence-electron chi connectivity index (χ3n) is 8.63. The Kier molecular flexibility index (Phi) is 11.6. The molecule has 0 radical (unpaired) electrons. The predicted octanol–water partition coefficient (Wildman–Crippen LogP) is 10.4. The molecule has 1 atom stereocenters.